The van der Waals surface area contributed by atoms with Crippen molar-refractivity contribution in [1.82, 2.24) is 0 Å². The van der Waals surface area contributed by atoms with E-state index < -0.39 is 0 Å². The van der Waals surface area contributed by atoms with Crippen LogP contribution in [0.2, 0.25) is 3.72 Å². The van der Waals surface area contributed by atoms with Gasteiger partial charge in [0.25, 0.3) is 0 Å². The SMILES string of the molecule is CC1=C[C]([Ti+3])(C(c2ccccc2)(c2ccccc2)c2ccccc2)C(C)=C1.[Cl-].[Cl-].[Cl-]. The molecule has 4 rings (SSSR count). The molecule has 0 aromatic heterocycles. The fraction of sp³-hybridized carbons (Fsp3) is 0.154. The van der Waals surface area contributed by atoms with Crippen LogP contribution in [-0.2, 0) is 25.9 Å². The molecule has 0 aliphatic heterocycles. The van der Waals surface area contributed by atoms with Crippen LogP contribution in [0.25, 0.3) is 0 Å². The summed E-state index contributed by atoms with van der Waals surface area (Å²) in [7, 11) is 0. The third-order valence-electron chi connectivity index (χ3n) is 5.72. The van der Waals surface area contributed by atoms with Crippen molar-refractivity contribution >= 4 is 0 Å². The Morgan fingerprint density at radius 1 is 0.600 bits per heavy atom. The van der Waals surface area contributed by atoms with Crippen molar-refractivity contribution in [2.24, 2.45) is 0 Å². The topological polar surface area (TPSA) is 0 Å². The van der Waals surface area contributed by atoms with Crippen molar-refractivity contribution in [3.8, 4) is 0 Å². The van der Waals surface area contributed by atoms with Gasteiger partial charge in [0.1, 0.15) is 0 Å². The predicted octanol–water partition coefficient (Wildman–Crippen LogP) is -2.36. The molecule has 0 nitrogen and oxygen atoms in total. The first-order chi connectivity index (χ1) is 13.1. The van der Waals surface area contributed by atoms with Gasteiger partial charge in [-0.25, -0.2) is 0 Å². The van der Waals surface area contributed by atoms with Gasteiger partial charge in [-0.2, -0.15) is 0 Å². The zero-order chi connectivity index (χ0) is 18.9. The molecule has 3 aromatic carbocycles. The van der Waals surface area contributed by atoms with Crippen LogP contribution in [0.3, 0.4) is 0 Å². The number of allylic oxidation sites excluding steroid dienone is 4. The molecule has 0 bridgehead atoms. The minimum Gasteiger partial charge on any atom is -1.00 e. The summed E-state index contributed by atoms with van der Waals surface area (Å²) in [5.74, 6) is 0. The largest absolute Gasteiger partial charge is 1.00 e. The molecule has 1 aliphatic carbocycles. The number of rotatable bonds is 4. The Morgan fingerprint density at radius 3 is 1.20 bits per heavy atom. The van der Waals surface area contributed by atoms with Gasteiger partial charge in [-0.15, -0.1) is 0 Å². The van der Waals surface area contributed by atoms with E-state index in [9.17, 15) is 0 Å². The summed E-state index contributed by atoms with van der Waals surface area (Å²) in [4.78, 5) is 0. The Morgan fingerprint density at radius 2 is 0.933 bits per heavy atom. The van der Waals surface area contributed by atoms with Crippen LogP contribution in [0, 0.1) is 0 Å². The minimum absolute atomic E-state index is 0. The van der Waals surface area contributed by atoms with Crippen LogP contribution in [0.4, 0.5) is 0 Å². The van der Waals surface area contributed by atoms with Crippen LogP contribution in [0.15, 0.2) is 114 Å². The Labute approximate surface area is 210 Å². The molecule has 0 heterocycles. The predicted molar refractivity (Wildman–Crippen MR) is 109 cm³/mol. The molecule has 0 spiro atoms. The van der Waals surface area contributed by atoms with Gasteiger partial charge in [-0.1, -0.05) is 0 Å². The summed E-state index contributed by atoms with van der Waals surface area (Å²) >= 11 is 2.39. The van der Waals surface area contributed by atoms with Gasteiger partial charge < -0.3 is 37.2 Å². The van der Waals surface area contributed by atoms with Gasteiger partial charge >= 0.3 is 174 Å². The zero-order valence-electron chi connectivity index (χ0n) is 16.9. The summed E-state index contributed by atoms with van der Waals surface area (Å²) in [6.07, 6.45) is 4.79. The third-order valence-corrected chi connectivity index (χ3v) is 7.15. The van der Waals surface area contributed by atoms with E-state index in [0.29, 0.717) is 0 Å². The first-order valence-electron chi connectivity index (χ1n) is 9.39. The van der Waals surface area contributed by atoms with E-state index in [1.165, 1.54) is 27.8 Å². The van der Waals surface area contributed by atoms with Crippen LogP contribution in [0.5, 0.6) is 0 Å². The molecule has 0 radical (unpaired) electrons. The van der Waals surface area contributed by atoms with Crippen LogP contribution >= 0.6 is 0 Å². The molecule has 4 heteroatoms. The summed E-state index contributed by atoms with van der Waals surface area (Å²) in [6.45, 7) is 4.48. The normalized spacial score (nSPS) is 17.6. The second kappa shape index (κ2) is 10.8. The molecule has 0 amide bonds. The smallest absolute Gasteiger partial charge is 1.00 e. The monoisotopic (exact) mass is 488 g/mol. The number of hydrogen-bond acceptors (Lipinski definition) is 0. The molecule has 3 aromatic rings. The van der Waals surface area contributed by atoms with Gasteiger partial charge in [0, 0.05) is 0 Å². The zero-order valence-corrected chi connectivity index (χ0v) is 20.8. The molecule has 1 atom stereocenters. The van der Waals surface area contributed by atoms with E-state index in [1.807, 2.05) is 0 Å². The quantitative estimate of drug-likeness (QED) is 0.284. The summed E-state index contributed by atoms with van der Waals surface area (Å²) in [5.41, 5.74) is 6.41. The first-order valence-corrected chi connectivity index (χ1v) is 10.2. The molecule has 0 saturated carbocycles. The minimum atomic E-state index is -0.297. The van der Waals surface area contributed by atoms with Crippen molar-refractivity contribution in [3.05, 3.63) is 131 Å². The van der Waals surface area contributed by atoms with Crippen molar-refractivity contribution in [2.45, 2.75) is 23.0 Å². The van der Waals surface area contributed by atoms with E-state index in [-0.39, 0.29) is 46.4 Å². The van der Waals surface area contributed by atoms with Crippen LogP contribution in [-0.4, -0.2) is 0 Å². The van der Waals surface area contributed by atoms with E-state index in [2.05, 4.69) is 137 Å². The van der Waals surface area contributed by atoms with E-state index in [0.717, 1.165) is 0 Å². The van der Waals surface area contributed by atoms with E-state index in [1.54, 1.807) is 0 Å². The van der Waals surface area contributed by atoms with E-state index in [4.69, 9.17) is 0 Å². The maximum atomic E-state index is 2.45. The van der Waals surface area contributed by atoms with Crippen molar-refractivity contribution in [2.75, 3.05) is 0 Å². The summed E-state index contributed by atoms with van der Waals surface area (Å²) < 4.78 is -0.152. The van der Waals surface area contributed by atoms with Crippen LogP contribution < -0.4 is 37.2 Å². The Hall–Kier alpha value is -1.28. The molecule has 152 valence electrons. The molecule has 0 saturated heterocycles. The van der Waals surface area contributed by atoms with Crippen molar-refractivity contribution < 1.29 is 57.7 Å². The number of halogens is 3. The molecular formula is C26H23Cl3Ti. The second-order valence-corrected chi connectivity index (χ2v) is 8.60. The summed E-state index contributed by atoms with van der Waals surface area (Å²) in [6, 6.07) is 32.9. The summed E-state index contributed by atoms with van der Waals surface area (Å²) in [5, 5.41) is 0. The van der Waals surface area contributed by atoms with Gasteiger partial charge in [0.15, 0.2) is 0 Å². The van der Waals surface area contributed by atoms with Gasteiger partial charge in [0.05, 0.1) is 0 Å². The molecule has 1 unspecified atom stereocenters. The van der Waals surface area contributed by atoms with Crippen LogP contribution in [0.1, 0.15) is 30.5 Å². The van der Waals surface area contributed by atoms with Gasteiger partial charge in [-0.3, -0.25) is 0 Å². The fourth-order valence-corrected chi connectivity index (χ4v) is 5.75. The Balaban J connectivity index is 0.00000150. The van der Waals surface area contributed by atoms with Crippen molar-refractivity contribution in [1.29, 1.82) is 0 Å². The average Bonchev–Trinajstić information content (AvgIpc) is 2.97. The molecular weight excluding hydrogens is 467 g/mol. The number of benzene rings is 3. The molecule has 1 aliphatic rings. The third kappa shape index (κ3) is 4.22. The fourth-order valence-electron chi connectivity index (χ4n) is 4.60. The Bertz CT molecular complexity index is 902. The van der Waals surface area contributed by atoms with Gasteiger partial charge in [-0.05, 0) is 0 Å². The maximum absolute atomic E-state index is 2.45. The van der Waals surface area contributed by atoms with Crippen molar-refractivity contribution in [3.63, 3.8) is 0 Å². The second-order valence-electron chi connectivity index (χ2n) is 7.37. The number of hydrogen-bond donors (Lipinski definition) is 0. The van der Waals surface area contributed by atoms with Gasteiger partial charge in [0.2, 0.25) is 0 Å². The maximum Gasteiger partial charge on any atom is -1.00 e. The van der Waals surface area contributed by atoms with E-state index >= 15 is 0 Å². The molecule has 0 N–H and O–H groups in total. The Kier molecular flexibility index (Phi) is 9.68. The average molecular weight is 490 g/mol. The molecule has 30 heavy (non-hydrogen) atoms. The standard InChI is InChI=1S/C26H23.3ClH.Ti/c1-20-18-21(2)25(19-20)26(22-12-6-3-7-13-22,23-14-8-4-9-15-23)24-16-10-5-11-17-24;;;;/h3-19H,1-2H3;3*1H;/q;;;;+3/p-3. The molecule has 0 fully saturated rings. The first kappa shape index (κ1) is 26.8.